The minimum atomic E-state index is -1.82. The van der Waals surface area contributed by atoms with Gasteiger partial charge in [-0.3, -0.25) is 4.90 Å². The Bertz CT molecular complexity index is 895. The lowest BCUT2D eigenvalue weighted by Crippen LogP contribution is -2.46. The molecule has 1 heterocycles. The molecule has 2 aromatic carbocycles. The molecule has 1 aliphatic rings. The van der Waals surface area contributed by atoms with Gasteiger partial charge >= 0.3 is 11.9 Å². The Morgan fingerprint density at radius 1 is 0.968 bits per heavy atom. The summed E-state index contributed by atoms with van der Waals surface area (Å²) in [5, 5.41) is 25.2. The molecule has 2 aromatic rings. The summed E-state index contributed by atoms with van der Waals surface area (Å²) in [4.78, 5) is 23.1. The van der Waals surface area contributed by atoms with Gasteiger partial charge in [0.25, 0.3) is 0 Å². The van der Waals surface area contributed by atoms with E-state index in [1.165, 1.54) is 16.8 Å². The number of aryl methyl sites for hydroxylation is 1. The molecule has 0 bridgehead atoms. The van der Waals surface area contributed by atoms with Crippen LogP contribution in [0.2, 0.25) is 0 Å². The number of aliphatic carboxylic acids is 2. The number of ether oxygens (including phenoxy) is 1. The van der Waals surface area contributed by atoms with Gasteiger partial charge in [0, 0.05) is 44.0 Å². The highest BCUT2D eigenvalue weighted by Gasteiger charge is 2.20. The first kappa shape index (κ1) is 24.0. The fraction of sp³-hybridized carbons (Fsp3) is 0.391. The molecule has 0 spiro atoms. The van der Waals surface area contributed by atoms with Crippen LogP contribution >= 0.6 is 0 Å². The first-order chi connectivity index (χ1) is 14.7. The van der Waals surface area contributed by atoms with Gasteiger partial charge in [-0.15, -0.1) is 0 Å². The van der Waals surface area contributed by atoms with Crippen molar-refractivity contribution in [1.82, 2.24) is 4.90 Å². The summed E-state index contributed by atoms with van der Waals surface area (Å²) in [7, 11) is 0. The molecule has 1 fully saturated rings. The number of carboxylic acid groups (broad SMARTS) is 2. The fourth-order valence-corrected chi connectivity index (χ4v) is 3.43. The lowest BCUT2D eigenvalue weighted by Gasteiger charge is -2.37. The van der Waals surface area contributed by atoms with Crippen LogP contribution in [0.3, 0.4) is 0 Å². The highest BCUT2D eigenvalue weighted by molar-refractivity contribution is 6.27. The molecule has 8 nitrogen and oxygen atoms in total. The number of phenolic OH excluding ortho intramolecular Hbond substituents is 1. The maximum absolute atomic E-state index is 10.4. The molecule has 168 valence electrons. The number of nitrogens with zero attached hydrogens (tertiary/aromatic N) is 2. The van der Waals surface area contributed by atoms with Gasteiger partial charge in [0.15, 0.2) is 11.5 Å². The van der Waals surface area contributed by atoms with Crippen LogP contribution in [-0.2, 0) is 16.1 Å². The third-order valence-electron chi connectivity index (χ3n) is 5.25. The van der Waals surface area contributed by atoms with Crippen LogP contribution in [0.1, 0.15) is 23.6 Å². The first-order valence-electron chi connectivity index (χ1n) is 10.2. The normalized spacial score (nSPS) is 13.8. The van der Waals surface area contributed by atoms with Crippen molar-refractivity contribution in [2.45, 2.75) is 27.3 Å². The quantitative estimate of drug-likeness (QED) is 0.621. The van der Waals surface area contributed by atoms with Crippen molar-refractivity contribution in [2.75, 3.05) is 37.7 Å². The standard InChI is InChI=1S/C21H28N2O2.C2H2O4/c1-4-25-20-10-6-8-18(21(20)24)15-22-11-13-23(14-12-22)19-9-5-7-16(2)17(19)3;3-1(4)2(5)6/h5-10,24H,4,11-15H2,1-3H3;(H,3,4)(H,5,6). The Morgan fingerprint density at radius 2 is 1.58 bits per heavy atom. The van der Waals surface area contributed by atoms with Crippen LogP contribution < -0.4 is 9.64 Å². The number of hydrogen-bond acceptors (Lipinski definition) is 6. The molecule has 0 amide bonds. The summed E-state index contributed by atoms with van der Waals surface area (Å²) in [5.41, 5.74) is 5.00. The summed E-state index contributed by atoms with van der Waals surface area (Å²) >= 11 is 0. The van der Waals surface area contributed by atoms with Crippen LogP contribution in [0.15, 0.2) is 36.4 Å². The minimum absolute atomic E-state index is 0.279. The summed E-state index contributed by atoms with van der Waals surface area (Å²) in [6, 6.07) is 12.3. The average molecular weight is 431 g/mol. The van der Waals surface area contributed by atoms with Gasteiger partial charge in [-0.1, -0.05) is 24.3 Å². The van der Waals surface area contributed by atoms with Crippen LogP contribution in [0.4, 0.5) is 5.69 Å². The Balaban J connectivity index is 0.000000501. The molecule has 3 rings (SSSR count). The predicted molar refractivity (Wildman–Crippen MR) is 118 cm³/mol. The van der Waals surface area contributed by atoms with Gasteiger partial charge in [0.05, 0.1) is 6.61 Å². The Hall–Kier alpha value is -3.26. The van der Waals surface area contributed by atoms with Crippen molar-refractivity contribution in [3.05, 3.63) is 53.1 Å². The van der Waals surface area contributed by atoms with E-state index in [9.17, 15) is 5.11 Å². The molecule has 0 aliphatic carbocycles. The Morgan fingerprint density at radius 3 is 2.16 bits per heavy atom. The third kappa shape index (κ3) is 6.62. The van der Waals surface area contributed by atoms with E-state index in [0.29, 0.717) is 12.4 Å². The summed E-state index contributed by atoms with van der Waals surface area (Å²) < 4.78 is 5.49. The van der Waals surface area contributed by atoms with Crippen molar-refractivity contribution in [3.63, 3.8) is 0 Å². The molecule has 31 heavy (non-hydrogen) atoms. The van der Waals surface area contributed by atoms with Crippen LogP contribution in [-0.4, -0.2) is 64.9 Å². The number of carbonyl (C=O) groups is 2. The zero-order valence-electron chi connectivity index (χ0n) is 18.2. The Labute approximate surface area is 182 Å². The monoisotopic (exact) mass is 430 g/mol. The maximum Gasteiger partial charge on any atom is 0.414 e. The van der Waals surface area contributed by atoms with Crippen molar-refractivity contribution in [1.29, 1.82) is 0 Å². The molecule has 8 heteroatoms. The molecule has 0 aromatic heterocycles. The second-order valence-electron chi connectivity index (χ2n) is 7.29. The van der Waals surface area contributed by atoms with Gasteiger partial charge in [-0.2, -0.15) is 0 Å². The number of piperazine rings is 1. The fourth-order valence-electron chi connectivity index (χ4n) is 3.43. The van der Waals surface area contributed by atoms with Gasteiger partial charge in [-0.05, 0) is 44.0 Å². The molecule has 0 radical (unpaired) electrons. The number of phenols is 1. The molecular weight excluding hydrogens is 400 g/mol. The molecule has 0 unspecified atom stereocenters. The van der Waals surface area contributed by atoms with Crippen molar-refractivity contribution < 1.29 is 29.6 Å². The molecule has 0 saturated carbocycles. The molecule has 0 atom stereocenters. The van der Waals surface area contributed by atoms with Crippen LogP contribution in [0, 0.1) is 13.8 Å². The molecule has 1 aliphatic heterocycles. The second kappa shape index (κ2) is 11.2. The molecule has 1 saturated heterocycles. The number of rotatable bonds is 5. The van der Waals surface area contributed by atoms with Crippen molar-refractivity contribution >= 4 is 17.6 Å². The summed E-state index contributed by atoms with van der Waals surface area (Å²) in [5.74, 6) is -2.79. The van der Waals surface area contributed by atoms with E-state index in [1.807, 2.05) is 25.1 Å². The number of anilines is 1. The average Bonchev–Trinajstić information content (AvgIpc) is 2.74. The number of carboxylic acids is 2. The highest BCUT2D eigenvalue weighted by atomic mass is 16.5. The number of para-hydroxylation sites is 1. The van der Waals surface area contributed by atoms with E-state index in [-0.39, 0.29) is 5.75 Å². The van der Waals surface area contributed by atoms with Crippen molar-refractivity contribution in [3.8, 4) is 11.5 Å². The number of hydrogen-bond donors (Lipinski definition) is 3. The van der Waals surface area contributed by atoms with Crippen molar-refractivity contribution in [2.24, 2.45) is 0 Å². The first-order valence-corrected chi connectivity index (χ1v) is 10.2. The molecular formula is C23H30N2O6. The van der Waals surface area contributed by atoms with Crippen LogP contribution in [0.5, 0.6) is 11.5 Å². The predicted octanol–water partition coefficient (Wildman–Crippen LogP) is 2.89. The van der Waals surface area contributed by atoms with E-state index in [1.54, 1.807) is 0 Å². The SMILES string of the molecule is CCOc1cccc(CN2CCN(c3cccc(C)c3C)CC2)c1O.O=C(O)C(=O)O. The van der Waals surface area contributed by atoms with E-state index in [4.69, 9.17) is 24.5 Å². The third-order valence-corrected chi connectivity index (χ3v) is 5.25. The van der Waals surface area contributed by atoms with E-state index < -0.39 is 11.9 Å². The summed E-state index contributed by atoms with van der Waals surface area (Å²) in [6.45, 7) is 11.6. The van der Waals surface area contributed by atoms with E-state index in [2.05, 4.69) is 41.8 Å². The molecule has 3 N–H and O–H groups in total. The van der Waals surface area contributed by atoms with Crippen LogP contribution in [0.25, 0.3) is 0 Å². The van der Waals surface area contributed by atoms with Gasteiger partial charge in [0.1, 0.15) is 0 Å². The number of aromatic hydroxyl groups is 1. The minimum Gasteiger partial charge on any atom is -0.504 e. The second-order valence-corrected chi connectivity index (χ2v) is 7.29. The highest BCUT2D eigenvalue weighted by Crippen LogP contribution is 2.31. The Kier molecular flexibility index (Phi) is 8.69. The topological polar surface area (TPSA) is 111 Å². The largest absolute Gasteiger partial charge is 0.504 e. The number of benzene rings is 2. The zero-order chi connectivity index (χ0) is 23.0. The smallest absolute Gasteiger partial charge is 0.414 e. The van der Waals surface area contributed by atoms with Gasteiger partial charge in [-0.25, -0.2) is 9.59 Å². The summed E-state index contributed by atoms with van der Waals surface area (Å²) in [6.07, 6.45) is 0. The van der Waals surface area contributed by atoms with E-state index in [0.717, 1.165) is 38.3 Å². The zero-order valence-corrected chi connectivity index (χ0v) is 18.2. The lowest BCUT2D eigenvalue weighted by atomic mass is 10.1. The maximum atomic E-state index is 10.4. The van der Waals surface area contributed by atoms with Gasteiger partial charge < -0.3 is 25.0 Å². The van der Waals surface area contributed by atoms with Gasteiger partial charge in [0.2, 0.25) is 0 Å². The lowest BCUT2D eigenvalue weighted by molar-refractivity contribution is -0.159. The van der Waals surface area contributed by atoms with E-state index >= 15 is 0 Å².